The van der Waals surface area contributed by atoms with Crippen molar-refractivity contribution in [2.24, 2.45) is 0 Å². The van der Waals surface area contributed by atoms with Gasteiger partial charge in [-0.15, -0.1) is 0 Å². The number of benzene rings is 1. The predicted octanol–water partition coefficient (Wildman–Crippen LogP) is 1.25. The summed E-state index contributed by atoms with van der Waals surface area (Å²) < 4.78 is 5.45. The van der Waals surface area contributed by atoms with E-state index in [4.69, 9.17) is 4.74 Å². The van der Waals surface area contributed by atoms with Crippen LogP contribution in [0.2, 0.25) is 0 Å². The lowest BCUT2D eigenvalue weighted by Gasteiger charge is -2.55. The molecule has 0 bridgehead atoms. The Morgan fingerprint density at radius 1 is 1.35 bits per heavy atom. The molecule has 1 aromatic rings. The van der Waals surface area contributed by atoms with E-state index >= 15 is 0 Å². The number of hydrogen-bond donors (Lipinski definition) is 1. The molecule has 17 heavy (non-hydrogen) atoms. The van der Waals surface area contributed by atoms with Crippen LogP contribution in [0, 0.1) is 0 Å². The molecule has 2 saturated heterocycles. The molecule has 0 amide bonds. The highest BCUT2D eigenvalue weighted by Crippen LogP contribution is 2.30. The zero-order valence-corrected chi connectivity index (χ0v) is 10.4. The Morgan fingerprint density at radius 2 is 2.12 bits per heavy atom. The Morgan fingerprint density at radius 3 is 2.76 bits per heavy atom. The summed E-state index contributed by atoms with van der Waals surface area (Å²) >= 11 is 0. The van der Waals surface area contributed by atoms with Crippen molar-refractivity contribution >= 4 is 0 Å². The van der Waals surface area contributed by atoms with Crippen LogP contribution in [0.4, 0.5) is 0 Å². The summed E-state index contributed by atoms with van der Waals surface area (Å²) in [6.07, 6.45) is 0. The van der Waals surface area contributed by atoms with Crippen molar-refractivity contribution in [2.75, 3.05) is 26.3 Å². The minimum absolute atomic E-state index is 0.244. The van der Waals surface area contributed by atoms with Gasteiger partial charge < -0.3 is 10.1 Å². The molecule has 92 valence electrons. The third kappa shape index (κ3) is 1.99. The van der Waals surface area contributed by atoms with Crippen molar-refractivity contribution in [1.82, 2.24) is 10.2 Å². The van der Waals surface area contributed by atoms with Gasteiger partial charge in [-0.1, -0.05) is 30.3 Å². The molecule has 1 atom stereocenters. The second kappa shape index (κ2) is 4.41. The van der Waals surface area contributed by atoms with Crippen LogP contribution in [0.3, 0.4) is 0 Å². The van der Waals surface area contributed by atoms with Gasteiger partial charge in [0.2, 0.25) is 0 Å². The van der Waals surface area contributed by atoms with Crippen molar-refractivity contribution in [1.29, 1.82) is 0 Å². The standard InChI is InChI=1S/C14H20N2O/c1-12-7-15-9-14(10-17-11-14)16(12)8-13-5-3-2-4-6-13/h2-6,12,15H,7-11H2,1H3. The fourth-order valence-corrected chi connectivity index (χ4v) is 2.90. The number of hydrogen-bond acceptors (Lipinski definition) is 3. The summed E-state index contributed by atoms with van der Waals surface area (Å²) in [5, 5.41) is 3.52. The molecule has 2 aliphatic rings. The number of nitrogens with zero attached hydrogens (tertiary/aromatic N) is 1. The summed E-state index contributed by atoms with van der Waals surface area (Å²) in [7, 11) is 0. The molecule has 1 unspecified atom stereocenters. The summed E-state index contributed by atoms with van der Waals surface area (Å²) in [6, 6.07) is 11.3. The normalized spacial score (nSPS) is 27.9. The summed E-state index contributed by atoms with van der Waals surface area (Å²) in [6.45, 7) is 7.22. The topological polar surface area (TPSA) is 24.5 Å². The lowest BCUT2D eigenvalue weighted by Crippen LogP contribution is -2.72. The first-order valence-electron chi connectivity index (χ1n) is 6.39. The van der Waals surface area contributed by atoms with Gasteiger partial charge in [-0.2, -0.15) is 0 Å². The molecule has 1 N–H and O–H groups in total. The maximum Gasteiger partial charge on any atom is 0.0810 e. The average Bonchev–Trinajstić information content (AvgIpc) is 2.31. The molecular formula is C14H20N2O. The maximum absolute atomic E-state index is 5.45. The molecule has 2 heterocycles. The van der Waals surface area contributed by atoms with Crippen LogP contribution >= 0.6 is 0 Å². The summed E-state index contributed by atoms with van der Waals surface area (Å²) in [5.74, 6) is 0. The van der Waals surface area contributed by atoms with Crippen molar-refractivity contribution in [3.63, 3.8) is 0 Å². The molecule has 3 nitrogen and oxygen atoms in total. The predicted molar refractivity (Wildman–Crippen MR) is 67.9 cm³/mol. The van der Waals surface area contributed by atoms with E-state index in [1.807, 2.05) is 0 Å². The second-order valence-electron chi connectivity index (χ2n) is 5.31. The smallest absolute Gasteiger partial charge is 0.0810 e. The first kappa shape index (κ1) is 11.2. The van der Waals surface area contributed by atoms with Crippen LogP contribution in [-0.2, 0) is 11.3 Å². The molecule has 0 aliphatic carbocycles. The van der Waals surface area contributed by atoms with E-state index in [1.165, 1.54) is 5.56 Å². The Hall–Kier alpha value is -0.900. The third-order valence-electron chi connectivity index (χ3n) is 3.97. The number of ether oxygens (including phenoxy) is 1. The molecule has 3 heteroatoms. The molecule has 0 aromatic heterocycles. The van der Waals surface area contributed by atoms with Gasteiger partial charge in [0.05, 0.1) is 18.8 Å². The SMILES string of the molecule is CC1CNCC2(COC2)N1Cc1ccccc1. The largest absolute Gasteiger partial charge is 0.377 e. The molecule has 2 aliphatic heterocycles. The first-order chi connectivity index (χ1) is 8.30. The summed E-state index contributed by atoms with van der Waals surface area (Å²) in [4.78, 5) is 2.61. The Balaban J connectivity index is 1.79. The molecule has 1 aromatic carbocycles. The molecular weight excluding hydrogens is 212 g/mol. The zero-order valence-electron chi connectivity index (χ0n) is 10.4. The van der Waals surface area contributed by atoms with E-state index in [0.29, 0.717) is 6.04 Å². The Labute approximate surface area is 103 Å². The van der Waals surface area contributed by atoms with Gasteiger partial charge in [0.25, 0.3) is 0 Å². The third-order valence-corrected chi connectivity index (χ3v) is 3.97. The minimum atomic E-state index is 0.244. The quantitative estimate of drug-likeness (QED) is 0.830. The number of piperazine rings is 1. The summed E-state index contributed by atoms with van der Waals surface area (Å²) in [5.41, 5.74) is 1.64. The molecule has 3 rings (SSSR count). The monoisotopic (exact) mass is 232 g/mol. The fraction of sp³-hybridized carbons (Fsp3) is 0.571. The average molecular weight is 232 g/mol. The highest BCUT2D eigenvalue weighted by molar-refractivity contribution is 5.16. The van der Waals surface area contributed by atoms with Crippen LogP contribution in [0.5, 0.6) is 0 Å². The maximum atomic E-state index is 5.45. The van der Waals surface area contributed by atoms with Gasteiger partial charge >= 0.3 is 0 Å². The Bertz CT molecular complexity index is 375. The van der Waals surface area contributed by atoms with Gasteiger partial charge in [-0.05, 0) is 12.5 Å². The van der Waals surface area contributed by atoms with E-state index in [1.54, 1.807) is 0 Å². The minimum Gasteiger partial charge on any atom is -0.377 e. The van der Waals surface area contributed by atoms with Gasteiger partial charge in [0.15, 0.2) is 0 Å². The first-order valence-corrected chi connectivity index (χ1v) is 6.39. The van der Waals surface area contributed by atoms with E-state index < -0.39 is 0 Å². The second-order valence-corrected chi connectivity index (χ2v) is 5.31. The van der Waals surface area contributed by atoms with Gasteiger partial charge in [-0.25, -0.2) is 0 Å². The van der Waals surface area contributed by atoms with Crippen molar-refractivity contribution in [3.8, 4) is 0 Å². The Kier molecular flexibility index (Phi) is 2.90. The molecule has 2 fully saturated rings. The molecule has 1 spiro atoms. The van der Waals surface area contributed by atoms with Crippen LogP contribution in [0.15, 0.2) is 30.3 Å². The van der Waals surface area contributed by atoms with Gasteiger partial charge in [0, 0.05) is 25.7 Å². The lowest BCUT2D eigenvalue weighted by atomic mass is 9.89. The molecule has 0 saturated carbocycles. The van der Waals surface area contributed by atoms with Crippen LogP contribution < -0.4 is 5.32 Å². The number of nitrogens with one attached hydrogen (secondary N) is 1. The molecule has 0 radical (unpaired) electrons. The van der Waals surface area contributed by atoms with E-state index in [2.05, 4.69) is 47.5 Å². The van der Waals surface area contributed by atoms with E-state index in [0.717, 1.165) is 32.8 Å². The van der Waals surface area contributed by atoms with Gasteiger partial charge in [-0.3, -0.25) is 4.90 Å². The van der Waals surface area contributed by atoms with Crippen molar-refractivity contribution < 1.29 is 4.74 Å². The fourth-order valence-electron chi connectivity index (χ4n) is 2.90. The zero-order chi connectivity index (χ0) is 11.7. The van der Waals surface area contributed by atoms with Crippen LogP contribution in [0.1, 0.15) is 12.5 Å². The van der Waals surface area contributed by atoms with Crippen molar-refractivity contribution in [2.45, 2.75) is 25.0 Å². The van der Waals surface area contributed by atoms with Crippen LogP contribution in [-0.4, -0.2) is 42.8 Å². The van der Waals surface area contributed by atoms with E-state index in [-0.39, 0.29) is 5.54 Å². The highest BCUT2D eigenvalue weighted by atomic mass is 16.5. The highest BCUT2D eigenvalue weighted by Gasteiger charge is 2.47. The van der Waals surface area contributed by atoms with E-state index in [9.17, 15) is 0 Å². The number of rotatable bonds is 2. The lowest BCUT2D eigenvalue weighted by molar-refractivity contribution is -0.165. The van der Waals surface area contributed by atoms with Gasteiger partial charge in [0.1, 0.15) is 0 Å². The van der Waals surface area contributed by atoms with Crippen LogP contribution in [0.25, 0.3) is 0 Å². The van der Waals surface area contributed by atoms with Crippen molar-refractivity contribution in [3.05, 3.63) is 35.9 Å².